The van der Waals surface area contributed by atoms with Crippen molar-refractivity contribution in [3.63, 3.8) is 0 Å². The first-order valence-electron chi connectivity index (χ1n) is 8.87. The van der Waals surface area contributed by atoms with E-state index in [1.54, 1.807) is 45.2 Å². The molecule has 0 radical (unpaired) electrons. The maximum Gasteiger partial charge on any atom is 0.294 e. The molecule has 140 valence electrons. The van der Waals surface area contributed by atoms with Crippen LogP contribution in [-0.2, 0) is 9.59 Å². The zero-order valence-electron chi connectivity index (χ0n) is 15.9. The van der Waals surface area contributed by atoms with Crippen LogP contribution in [0.2, 0.25) is 0 Å². The van der Waals surface area contributed by atoms with E-state index in [9.17, 15) is 14.7 Å². The first-order valence-corrected chi connectivity index (χ1v) is 8.87. The average molecular weight is 365 g/mol. The Morgan fingerprint density at radius 3 is 2.48 bits per heavy atom. The lowest BCUT2D eigenvalue weighted by atomic mass is 9.89. The van der Waals surface area contributed by atoms with Crippen molar-refractivity contribution in [3.05, 3.63) is 71.0 Å². The Labute approximate surface area is 158 Å². The third-order valence-corrected chi connectivity index (χ3v) is 4.81. The highest BCUT2D eigenvalue weighted by Gasteiger charge is 2.45. The van der Waals surface area contributed by atoms with E-state index < -0.39 is 17.7 Å². The number of nitrogens with zero attached hydrogens (tertiary/aromatic N) is 1. The largest absolute Gasteiger partial charge is 0.503 e. The van der Waals surface area contributed by atoms with Crippen molar-refractivity contribution >= 4 is 17.4 Å². The highest BCUT2D eigenvalue weighted by Crippen LogP contribution is 2.43. The lowest BCUT2D eigenvalue weighted by Gasteiger charge is -2.28. The zero-order valence-corrected chi connectivity index (χ0v) is 15.9. The summed E-state index contributed by atoms with van der Waals surface area (Å²) in [5.41, 5.74) is 2.45. The van der Waals surface area contributed by atoms with Crippen molar-refractivity contribution in [1.29, 1.82) is 0 Å². The summed E-state index contributed by atoms with van der Waals surface area (Å²) in [7, 11) is 1.55. The second kappa shape index (κ2) is 7.27. The molecule has 1 aliphatic heterocycles. The summed E-state index contributed by atoms with van der Waals surface area (Å²) in [6, 6.07) is 13.9. The summed E-state index contributed by atoms with van der Waals surface area (Å²) in [4.78, 5) is 27.3. The van der Waals surface area contributed by atoms with Crippen molar-refractivity contribution in [2.75, 3.05) is 12.0 Å². The van der Waals surface area contributed by atoms with Crippen LogP contribution in [0.1, 0.15) is 31.0 Å². The maximum absolute atomic E-state index is 13.0. The van der Waals surface area contributed by atoms with Gasteiger partial charge >= 0.3 is 0 Å². The number of rotatable bonds is 5. The van der Waals surface area contributed by atoms with Gasteiger partial charge in [-0.15, -0.1) is 0 Å². The van der Waals surface area contributed by atoms with Crippen LogP contribution in [0.4, 0.5) is 5.69 Å². The van der Waals surface area contributed by atoms with E-state index >= 15 is 0 Å². The molecule has 0 aromatic heterocycles. The molecule has 3 rings (SSSR count). The Morgan fingerprint density at radius 2 is 1.85 bits per heavy atom. The Kier molecular flexibility index (Phi) is 5.04. The van der Waals surface area contributed by atoms with Crippen LogP contribution >= 0.6 is 0 Å². The highest BCUT2D eigenvalue weighted by atomic mass is 16.5. The number of benzene rings is 2. The number of aryl methyl sites for hydroxylation is 1. The van der Waals surface area contributed by atoms with Gasteiger partial charge in [0.05, 0.1) is 18.7 Å². The zero-order chi connectivity index (χ0) is 19.7. The summed E-state index contributed by atoms with van der Waals surface area (Å²) in [6.07, 6.45) is 0. The smallest absolute Gasteiger partial charge is 0.294 e. The molecule has 0 fully saturated rings. The molecule has 2 aromatic rings. The molecule has 1 amide bonds. The number of carbonyl (C=O) groups is 2. The number of aliphatic hydroxyl groups is 1. The summed E-state index contributed by atoms with van der Waals surface area (Å²) < 4.78 is 5.27. The number of carbonyl (C=O) groups excluding carboxylic acids is 2. The monoisotopic (exact) mass is 365 g/mol. The van der Waals surface area contributed by atoms with Crippen LogP contribution < -0.4 is 9.64 Å². The molecule has 2 aromatic carbocycles. The lowest BCUT2D eigenvalue weighted by Crippen LogP contribution is -2.31. The fourth-order valence-electron chi connectivity index (χ4n) is 3.38. The Balaban J connectivity index is 2.22. The van der Waals surface area contributed by atoms with Gasteiger partial charge in [0.1, 0.15) is 5.75 Å². The van der Waals surface area contributed by atoms with Gasteiger partial charge in [-0.3, -0.25) is 14.5 Å². The van der Waals surface area contributed by atoms with Crippen LogP contribution in [0.25, 0.3) is 0 Å². The van der Waals surface area contributed by atoms with Crippen molar-refractivity contribution in [3.8, 4) is 5.75 Å². The molecule has 1 unspecified atom stereocenters. The van der Waals surface area contributed by atoms with Crippen molar-refractivity contribution < 1.29 is 19.4 Å². The van der Waals surface area contributed by atoms with Crippen LogP contribution in [0, 0.1) is 12.8 Å². The molecule has 1 atom stereocenters. The van der Waals surface area contributed by atoms with E-state index in [0.717, 1.165) is 11.1 Å². The van der Waals surface area contributed by atoms with Crippen molar-refractivity contribution in [1.82, 2.24) is 0 Å². The summed E-state index contributed by atoms with van der Waals surface area (Å²) in [6.45, 7) is 5.45. The van der Waals surface area contributed by atoms with E-state index in [1.165, 1.54) is 4.90 Å². The van der Waals surface area contributed by atoms with Gasteiger partial charge in [0, 0.05) is 17.7 Å². The molecule has 0 saturated carbocycles. The normalized spacial score (nSPS) is 17.0. The van der Waals surface area contributed by atoms with Gasteiger partial charge in [0.25, 0.3) is 5.91 Å². The van der Waals surface area contributed by atoms with E-state index in [1.807, 2.05) is 31.2 Å². The number of ketones is 1. The third kappa shape index (κ3) is 3.21. The van der Waals surface area contributed by atoms with E-state index in [2.05, 4.69) is 0 Å². The molecule has 0 saturated heterocycles. The fraction of sp³-hybridized carbons (Fsp3) is 0.273. The molecule has 5 nitrogen and oxygen atoms in total. The summed E-state index contributed by atoms with van der Waals surface area (Å²) in [5, 5.41) is 10.6. The quantitative estimate of drug-likeness (QED) is 0.865. The second-order valence-electron chi connectivity index (χ2n) is 6.92. The number of amides is 1. The van der Waals surface area contributed by atoms with Crippen molar-refractivity contribution in [2.24, 2.45) is 5.92 Å². The van der Waals surface area contributed by atoms with Crippen molar-refractivity contribution in [2.45, 2.75) is 26.8 Å². The van der Waals surface area contributed by atoms with Gasteiger partial charge in [0.2, 0.25) is 0 Å². The molecule has 0 bridgehead atoms. The Morgan fingerprint density at radius 1 is 1.15 bits per heavy atom. The third-order valence-electron chi connectivity index (χ3n) is 4.81. The van der Waals surface area contributed by atoms with Crippen LogP contribution in [0.5, 0.6) is 5.75 Å². The first kappa shape index (κ1) is 18.7. The summed E-state index contributed by atoms with van der Waals surface area (Å²) in [5.74, 6) is -1.05. The molecule has 0 spiro atoms. The standard InChI is InChI=1S/C22H23NO4/c1-13(2)20(24)18-19(17-11-6-5-8-14(17)3)23(22(26)21(18)25)15-9-7-10-16(12-15)27-4/h5-13,19,25H,1-4H3. The number of aliphatic hydroxyl groups excluding tert-OH is 1. The number of Topliss-reactive ketones (excluding diaryl/α,β-unsaturated/α-hetero) is 1. The van der Waals surface area contributed by atoms with Crippen LogP contribution in [0.3, 0.4) is 0 Å². The Bertz CT molecular complexity index is 929. The van der Waals surface area contributed by atoms with E-state index in [4.69, 9.17) is 4.74 Å². The molecule has 1 heterocycles. The minimum atomic E-state index is -0.680. The van der Waals surface area contributed by atoms with Crippen LogP contribution in [-0.4, -0.2) is 23.9 Å². The molecule has 1 aliphatic rings. The number of ether oxygens (including phenoxy) is 1. The van der Waals surface area contributed by atoms with Gasteiger partial charge in [-0.1, -0.05) is 44.2 Å². The highest BCUT2D eigenvalue weighted by molar-refractivity contribution is 6.17. The van der Waals surface area contributed by atoms with E-state index in [-0.39, 0.29) is 17.3 Å². The van der Waals surface area contributed by atoms with Gasteiger partial charge in [-0.2, -0.15) is 0 Å². The number of hydrogen-bond donors (Lipinski definition) is 1. The molecular formula is C22H23NO4. The fourth-order valence-corrected chi connectivity index (χ4v) is 3.38. The minimum Gasteiger partial charge on any atom is -0.503 e. The molecule has 5 heteroatoms. The number of methoxy groups -OCH3 is 1. The average Bonchev–Trinajstić information content (AvgIpc) is 2.92. The predicted octanol–water partition coefficient (Wildman–Crippen LogP) is 4.13. The second-order valence-corrected chi connectivity index (χ2v) is 6.92. The first-order chi connectivity index (χ1) is 12.9. The van der Waals surface area contributed by atoms with Gasteiger partial charge < -0.3 is 9.84 Å². The topological polar surface area (TPSA) is 66.8 Å². The van der Waals surface area contributed by atoms with E-state index in [0.29, 0.717) is 11.4 Å². The molecule has 0 aliphatic carbocycles. The molecular weight excluding hydrogens is 342 g/mol. The summed E-state index contributed by atoms with van der Waals surface area (Å²) >= 11 is 0. The number of hydrogen-bond acceptors (Lipinski definition) is 4. The maximum atomic E-state index is 13.0. The molecule has 1 N–H and O–H groups in total. The van der Waals surface area contributed by atoms with Gasteiger partial charge in [-0.05, 0) is 30.2 Å². The Hall–Kier alpha value is -3.08. The van der Waals surface area contributed by atoms with Crippen LogP contribution in [0.15, 0.2) is 59.9 Å². The van der Waals surface area contributed by atoms with Gasteiger partial charge in [-0.25, -0.2) is 0 Å². The number of anilines is 1. The lowest BCUT2D eigenvalue weighted by molar-refractivity contribution is -0.119. The predicted molar refractivity (Wildman–Crippen MR) is 104 cm³/mol. The minimum absolute atomic E-state index is 0.145. The molecule has 27 heavy (non-hydrogen) atoms. The van der Waals surface area contributed by atoms with Gasteiger partial charge in [0.15, 0.2) is 11.5 Å². The SMILES string of the molecule is COc1cccc(N2C(=O)C(O)=C(C(=O)C(C)C)C2c2ccccc2C)c1.